The van der Waals surface area contributed by atoms with E-state index in [4.69, 9.17) is 23.1 Å². The fourth-order valence-corrected chi connectivity index (χ4v) is 2.66. The number of fused-ring (bicyclic) bond motifs is 3. The number of aromatic nitrogens is 4. The predicted molar refractivity (Wildman–Crippen MR) is 90.5 cm³/mol. The standard InChI is InChI=1S/C14H17ClN6.ClH/c1-8-19-20-14-13(10(17)3-2-6-16)18-11-5-4-9(15)7-12(11)21(8)14;/h4-5,7,10H,2-3,6,16-17H2,1H3;1H. The van der Waals surface area contributed by atoms with E-state index in [0.717, 1.165) is 35.4 Å². The first-order valence-corrected chi connectivity index (χ1v) is 7.26. The van der Waals surface area contributed by atoms with E-state index in [1.54, 1.807) is 0 Å². The van der Waals surface area contributed by atoms with Crippen molar-refractivity contribution < 1.29 is 0 Å². The van der Waals surface area contributed by atoms with Crippen LogP contribution in [0.5, 0.6) is 0 Å². The molecule has 1 aromatic carbocycles. The second kappa shape index (κ2) is 6.75. The molecule has 1 atom stereocenters. The smallest absolute Gasteiger partial charge is 0.184 e. The molecular weight excluding hydrogens is 323 g/mol. The highest BCUT2D eigenvalue weighted by Crippen LogP contribution is 2.25. The molecule has 1 unspecified atom stereocenters. The van der Waals surface area contributed by atoms with E-state index < -0.39 is 0 Å². The van der Waals surface area contributed by atoms with Crippen LogP contribution in [0.4, 0.5) is 0 Å². The SMILES string of the molecule is Cc1nnc2c(C(N)CCCN)nc3ccc(Cl)cc3n12.Cl. The monoisotopic (exact) mass is 340 g/mol. The Kier molecular flexibility index (Phi) is 5.18. The summed E-state index contributed by atoms with van der Waals surface area (Å²) in [6, 6.07) is 5.36. The zero-order chi connectivity index (χ0) is 15.0. The summed E-state index contributed by atoms with van der Waals surface area (Å²) in [6.07, 6.45) is 1.62. The van der Waals surface area contributed by atoms with Crippen molar-refractivity contribution in [3.63, 3.8) is 0 Å². The number of halogens is 2. The Labute approximate surface area is 139 Å². The summed E-state index contributed by atoms with van der Waals surface area (Å²) in [6.45, 7) is 2.51. The Morgan fingerprint density at radius 1 is 1.32 bits per heavy atom. The summed E-state index contributed by atoms with van der Waals surface area (Å²) in [5.41, 5.74) is 15.0. The van der Waals surface area contributed by atoms with Crippen molar-refractivity contribution in [2.45, 2.75) is 25.8 Å². The van der Waals surface area contributed by atoms with E-state index in [1.165, 1.54) is 0 Å². The number of nitrogens with zero attached hydrogens (tertiary/aromatic N) is 4. The van der Waals surface area contributed by atoms with E-state index in [2.05, 4.69) is 15.2 Å². The Balaban J connectivity index is 0.00000176. The van der Waals surface area contributed by atoms with Gasteiger partial charge in [-0.25, -0.2) is 4.98 Å². The maximum Gasteiger partial charge on any atom is 0.184 e. The molecule has 2 heterocycles. The highest BCUT2D eigenvalue weighted by molar-refractivity contribution is 6.31. The fraction of sp³-hybridized carbons (Fsp3) is 0.357. The number of benzene rings is 1. The average molecular weight is 341 g/mol. The molecule has 0 aliphatic rings. The van der Waals surface area contributed by atoms with Crippen molar-refractivity contribution in [1.82, 2.24) is 19.6 Å². The van der Waals surface area contributed by atoms with Crippen LogP contribution in [0.15, 0.2) is 18.2 Å². The number of aryl methyl sites for hydroxylation is 1. The molecule has 0 aliphatic carbocycles. The van der Waals surface area contributed by atoms with Crippen molar-refractivity contribution in [3.8, 4) is 0 Å². The van der Waals surface area contributed by atoms with Crippen LogP contribution in [0.3, 0.4) is 0 Å². The van der Waals surface area contributed by atoms with Crippen molar-refractivity contribution in [2.24, 2.45) is 11.5 Å². The van der Waals surface area contributed by atoms with Crippen LogP contribution in [0.25, 0.3) is 16.7 Å². The Morgan fingerprint density at radius 2 is 2.09 bits per heavy atom. The molecule has 0 spiro atoms. The Hall–Kier alpha value is -1.47. The van der Waals surface area contributed by atoms with Crippen LogP contribution in [0.2, 0.25) is 5.02 Å². The lowest BCUT2D eigenvalue weighted by molar-refractivity contribution is 0.606. The third-order valence-electron chi connectivity index (χ3n) is 3.54. The van der Waals surface area contributed by atoms with E-state index in [0.29, 0.717) is 17.2 Å². The molecule has 0 aliphatic heterocycles. The van der Waals surface area contributed by atoms with Crippen molar-refractivity contribution in [1.29, 1.82) is 0 Å². The maximum atomic E-state index is 6.25. The molecule has 4 N–H and O–H groups in total. The molecule has 2 aromatic heterocycles. The molecule has 0 saturated heterocycles. The molecule has 22 heavy (non-hydrogen) atoms. The van der Waals surface area contributed by atoms with Crippen molar-refractivity contribution in [3.05, 3.63) is 34.7 Å². The molecule has 3 aromatic rings. The zero-order valence-corrected chi connectivity index (χ0v) is 13.7. The van der Waals surface area contributed by atoms with E-state index in [9.17, 15) is 0 Å². The van der Waals surface area contributed by atoms with Crippen LogP contribution >= 0.6 is 24.0 Å². The van der Waals surface area contributed by atoms with Crippen LogP contribution in [-0.4, -0.2) is 26.1 Å². The second-order valence-electron chi connectivity index (χ2n) is 5.07. The van der Waals surface area contributed by atoms with Crippen molar-refractivity contribution >= 4 is 40.7 Å². The fourth-order valence-electron chi connectivity index (χ4n) is 2.49. The molecule has 0 bridgehead atoms. The molecule has 6 nitrogen and oxygen atoms in total. The van der Waals surface area contributed by atoms with Gasteiger partial charge in [0.15, 0.2) is 5.65 Å². The summed E-state index contributed by atoms with van der Waals surface area (Å²) >= 11 is 6.09. The van der Waals surface area contributed by atoms with Gasteiger partial charge in [-0.3, -0.25) is 4.40 Å². The predicted octanol–water partition coefficient (Wildman–Crippen LogP) is 2.40. The zero-order valence-electron chi connectivity index (χ0n) is 12.2. The van der Waals surface area contributed by atoms with Crippen molar-refractivity contribution in [2.75, 3.05) is 6.54 Å². The van der Waals surface area contributed by atoms with Gasteiger partial charge in [0.1, 0.15) is 11.5 Å². The topological polar surface area (TPSA) is 95.1 Å². The van der Waals surface area contributed by atoms with Gasteiger partial charge in [-0.2, -0.15) is 0 Å². The summed E-state index contributed by atoms with van der Waals surface area (Å²) in [7, 11) is 0. The summed E-state index contributed by atoms with van der Waals surface area (Å²) in [5.74, 6) is 0.784. The lowest BCUT2D eigenvalue weighted by atomic mass is 10.1. The van der Waals surface area contributed by atoms with Crippen LogP contribution in [0.1, 0.15) is 30.4 Å². The Bertz CT molecular complexity index is 801. The first kappa shape index (κ1) is 16.9. The maximum absolute atomic E-state index is 6.25. The van der Waals surface area contributed by atoms with Gasteiger partial charge in [0.2, 0.25) is 0 Å². The highest BCUT2D eigenvalue weighted by Gasteiger charge is 2.18. The lowest BCUT2D eigenvalue weighted by Gasteiger charge is -2.13. The quantitative estimate of drug-likeness (QED) is 0.760. The summed E-state index contributed by atoms with van der Waals surface area (Å²) < 4.78 is 1.95. The van der Waals surface area contributed by atoms with E-state index in [-0.39, 0.29) is 18.4 Å². The van der Waals surface area contributed by atoms with Gasteiger partial charge in [0, 0.05) is 5.02 Å². The van der Waals surface area contributed by atoms with Gasteiger partial charge < -0.3 is 11.5 Å². The third kappa shape index (κ3) is 2.87. The normalized spacial score (nSPS) is 12.5. The molecular formula is C14H18Cl2N6. The Morgan fingerprint density at radius 3 is 2.82 bits per heavy atom. The molecule has 8 heteroatoms. The van der Waals surface area contributed by atoms with Gasteiger partial charge >= 0.3 is 0 Å². The van der Waals surface area contributed by atoms with Gasteiger partial charge in [-0.15, -0.1) is 22.6 Å². The summed E-state index contributed by atoms with van der Waals surface area (Å²) in [4.78, 5) is 4.66. The lowest BCUT2D eigenvalue weighted by Crippen LogP contribution is -2.16. The molecule has 0 amide bonds. The molecule has 0 radical (unpaired) electrons. The molecule has 0 fully saturated rings. The minimum Gasteiger partial charge on any atom is -0.330 e. The summed E-state index contributed by atoms with van der Waals surface area (Å²) in [5, 5.41) is 9.02. The minimum absolute atomic E-state index is 0. The molecule has 0 saturated carbocycles. The average Bonchev–Trinajstić information content (AvgIpc) is 2.86. The largest absolute Gasteiger partial charge is 0.330 e. The van der Waals surface area contributed by atoms with Gasteiger partial charge in [0.05, 0.1) is 17.1 Å². The number of rotatable bonds is 4. The van der Waals surface area contributed by atoms with E-state index >= 15 is 0 Å². The van der Waals surface area contributed by atoms with Crippen LogP contribution in [0, 0.1) is 6.92 Å². The van der Waals surface area contributed by atoms with Crippen LogP contribution < -0.4 is 11.5 Å². The van der Waals surface area contributed by atoms with E-state index in [1.807, 2.05) is 29.5 Å². The van der Waals surface area contributed by atoms with Gasteiger partial charge in [0.25, 0.3) is 0 Å². The highest BCUT2D eigenvalue weighted by atomic mass is 35.5. The number of nitrogens with two attached hydrogens (primary N) is 2. The van der Waals surface area contributed by atoms with Gasteiger partial charge in [-0.05, 0) is 44.5 Å². The third-order valence-corrected chi connectivity index (χ3v) is 3.78. The molecule has 118 valence electrons. The minimum atomic E-state index is -0.209. The van der Waals surface area contributed by atoms with Gasteiger partial charge in [-0.1, -0.05) is 11.6 Å². The molecule has 3 rings (SSSR count). The first-order valence-electron chi connectivity index (χ1n) is 6.88. The van der Waals surface area contributed by atoms with Crippen LogP contribution in [-0.2, 0) is 0 Å². The second-order valence-corrected chi connectivity index (χ2v) is 5.51. The first-order chi connectivity index (χ1) is 10.1. The number of hydrogen-bond acceptors (Lipinski definition) is 5. The number of hydrogen-bond donors (Lipinski definition) is 2.